The molecule has 3 aromatic heterocycles. The Kier molecular flexibility index (Phi) is 6.25. The lowest BCUT2D eigenvalue weighted by Crippen LogP contribution is -2.14. The van der Waals surface area contributed by atoms with Crippen molar-refractivity contribution in [2.45, 2.75) is 13.0 Å². The number of imidazole rings is 1. The zero-order chi connectivity index (χ0) is 21.3. The second-order valence-corrected chi connectivity index (χ2v) is 6.84. The maximum atomic E-state index is 9.40. The van der Waals surface area contributed by atoms with Gasteiger partial charge in [-0.25, -0.2) is 19.5 Å². The van der Waals surface area contributed by atoms with E-state index in [9.17, 15) is 10.5 Å². The number of nitrogens with one attached hydrogen (secondary N) is 1. The Balaban J connectivity index is 0.00000272. The summed E-state index contributed by atoms with van der Waals surface area (Å²) in [6, 6.07) is 12.8. The first-order chi connectivity index (χ1) is 14.5. The van der Waals surface area contributed by atoms with Crippen LogP contribution in [0.15, 0.2) is 42.9 Å². The van der Waals surface area contributed by atoms with Crippen LogP contribution in [-0.2, 0) is 0 Å². The average Bonchev–Trinajstić information content (AvgIpc) is 3.13. The highest BCUT2D eigenvalue weighted by Crippen LogP contribution is 2.31. The smallest absolute Gasteiger partial charge is 0.155 e. The number of nitrogens with two attached hydrogens (primary N) is 1. The maximum absolute atomic E-state index is 9.40. The van der Waals surface area contributed by atoms with E-state index >= 15 is 0 Å². The zero-order valence-corrected chi connectivity index (χ0v) is 18.0. The molecule has 0 aliphatic carbocycles. The Labute approximate surface area is 189 Å². The van der Waals surface area contributed by atoms with Crippen molar-refractivity contribution < 1.29 is 0 Å². The predicted molar refractivity (Wildman–Crippen MR) is 122 cm³/mol. The number of aromatic nitrogens is 5. The number of halogens is 1. The Hall–Kier alpha value is -3.86. The number of rotatable bonds is 4. The maximum Gasteiger partial charge on any atom is 0.155 e. The summed E-state index contributed by atoms with van der Waals surface area (Å²) in [5, 5.41) is 26.9. The molecule has 0 bridgehead atoms. The molecule has 31 heavy (non-hydrogen) atoms. The van der Waals surface area contributed by atoms with Gasteiger partial charge < -0.3 is 11.1 Å². The van der Waals surface area contributed by atoms with E-state index in [0.29, 0.717) is 27.9 Å². The number of hydrogen-bond acceptors (Lipinski definition) is 8. The molecule has 11 heteroatoms. The van der Waals surface area contributed by atoms with Gasteiger partial charge in [0.25, 0.3) is 0 Å². The second-order valence-electron chi connectivity index (χ2n) is 6.45. The molecule has 4 rings (SSSR count). The van der Waals surface area contributed by atoms with Crippen molar-refractivity contribution in [3.63, 3.8) is 0 Å². The van der Waals surface area contributed by atoms with Gasteiger partial charge in [-0.15, -0.1) is 0 Å². The number of nitrogens with zero attached hydrogens (tertiary/aromatic N) is 7. The molecule has 3 N–H and O–H groups in total. The third kappa shape index (κ3) is 4.08. The van der Waals surface area contributed by atoms with E-state index in [1.165, 1.54) is 17.0 Å². The number of fused-ring (bicyclic) bond motifs is 1. The van der Waals surface area contributed by atoms with E-state index in [0.717, 1.165) is 11.1 Å². The van der Waals surface area contributed by atoms with E-state index < -0.39 is 0 Å². The quantitative estimate of drug-likeness (QED) is 0.482. The summed E-state index contributed by atoms with van der Waals surface area (Å²) >= 11 is 6.21. The number of nitrogen functional groups attached to an aromatic ring is 1. The second kappa shape index (κ2) is 8.88. The lowest BCUT2D eigenvalue weighted by atomic mass is 10.00. The summed E-state index contributed by atoms with van der Waals surface area (Å²) < 4.78 is 1.52. The molecule has 0 unspecified atom stereocenters. The van der Waals surface area contributed by atoms with Crippen LogP contribution in [0.4, 0.5) is 11.6 Å². The van der Waals surface area contributed by atoms with E-state index in [4.69, 9.17) is 17.3 Å². The van der Waals surface area contributed by atoms with Crippen LogP contribution in [0.5, 0.6) is 0 Å². The van der Waals surface area contributed by atoms with Crippen LogP contribution in [0.2, 0.25) is 5.15 Å². The van der Waals surface area contributed by atoms with Crippen LogP contribution in [0.1, 0.15) is 29.7 Å². The highest BCUT2D eigenvalue weighted by Gasteiger charge is 2.19. The Morgan fingerprint density at radius 1 is 1.16 bits per heavy atom. The minimum absolute atomic E-state index is 0. The van der Waals surface area contributed by atoms with E-state index in [-0.39, 0.29) is 30.9 Å². The zero-order valence-electron chi connectivity index (χ0n) is 16.2. The normalized spacial score (nSPS) is 11.2. The minimum Gasteiger partial charge on any atom is -0.382 e. The van der Waals surface area contributed by atoms with Gasteiger partial charge in [0.1, 0.15) is 29.6 Å². The van der Waals surface area contributed by atoms with E-state index in [1.54, 1.807) is 18.2 Å². The van der Waals surface area contributed by atoms with Gasteiger partial charge in [-0.1, -0.05) is 23.7 Å². The Morgan fingerprint density at radius 3 is 2.71 bits per heavy atom. The molecule has 1 atom stereocenters. The standard InChI is InChI=1S/C20H14ClN9.H2S/c1-11(28-20-15(8-23)19(24)26-10-27-20)14-6-17-25-9-16(21)30(17)29-18(14)13-4-2-3-12(5-13)7-22;/h2-6,9-11H,1H3,(H3,24,26,27,28);1H2/t11-;/m0./s1. The monoisotopic (exact) mass is 449 g/mol. The summed E-state index contributed by atoms with van der Waals surface area (Å²) in [6.45, 7) is 1.90. The molecule has 0 fully saturated rings. The van der Waals surface area contributed by atoms with E-state index in [2.05, 4.69) is 31.4 Å². The summed E-state index contributed by atoms with van der Waals surface area (Å²) in [7, 11) is 0. The largest absolute Gasteiger partial charge is 0.382 e. The van der Waals surface area contributed by atoms with Crippen molar-refractivity contribution in [1.82, 2.24) is 24.6 Å². The SMILES string of the molecule is C[C@H](Nc1ncnc(N)c1C#N)c1cc2ncc(Cl)n2nc1-c1cccc(C#N)c1.S. The van der Waals surface area contributed by atoms with Gasteiger partial charge in [-0.05, 0) is 25.1 Å². The summed E-state index contributed by atoms with van der Waals surface area (Å²) in [5.41, 5.74) is 9.16. The van der Waals surface area contributed by atoms with Crippen LogP contribution in [-0.4, -0.2) is 24.6 Å². The molecular weight excluding hydrogens is 434 g/mol. The average molecular weight is 450 g/mol. The van der Waals surface area contributed by atoms with Gasteiger partial charge in [0, 0.05) is 11.1 Å². The first kappa shape index (κ1) is 21.8. The van der Waals surface area contributed by atoms with Crippen LogP contribution in [0, 0.1) is 22.7 Å². The fourth-order valence-corrected chi connectivity index (χ4v) is 3.27. The lowest BCUT2D eigenvalue weighted by Gasteiger charge is -2.19. The molecule has 3 heterocycles. The van der Waals surface area contributed by atoms with Crippen molar-refractivity contribution in [2.24, 2.45) is 0 Å². The van der Waals surface area contributed by atoms with Crippen molar-refractivity contribution >= 4 is 42.4 Å². The molecule has 0 saturated carbocycles. The van der Waals surface area contributed by atoms with E-state index in [1.807, 2.05) is 25.1 Å². The molecule has 9 nitrogen and oxygen atoms in total. The lowest BCUT2D eigenvalue weighted by molar-refractivity contribution is 0.840. The fourth-order valence-electron chi connectivity index (χ4n) is 3.09. The minimum atomic E-state index is -0.333. The van der Waals surface area contributed by atoms with Crippen LogP contribution in [0.25, 0.3) is 16.9 Å². The number of anilines is 2. The van der Waals surface area contributed by atoms with Gasteiger partial charge in [0.15, 0.2) is 10.8 Å². The Bertz CT molecular complexity index is 1350. The number of benzene rings is 1. The molecule has 1 aromatic carbocycles. The van der Waals surface area contributed by atoms with Gasteiger partial charge in [0.2, 0.25) is 0 Å². The molecule has 0 spiro atoms. The molecule has 0 saturated heterocycles. The molecule has 0 aliphatic heterocycles. The number of nitriles is 2. The molecule has 154 valence electrons. The third-order valence-electron chi connectivity index (χ3n) is 4.55. The highest BCUT2D eigenvalue weighted by atomic mass is 35.5. The topological polar surface area (TPSA) is 142 Å². The first-order valence-corrected chi connectivity index (χ1v) is 9.21. The van der Waals surface area contributed by atoms with Crippen molar-refractivity contribution in [1.29, 1.82) is 10.5 Å². The number of hydrogen-bond donors (Lipinski definition) is 2. The van der Waals surface area contributed by atoms with Crippen molar-refractivity contribution in [2.75, 3.05) is 11.1 Å². The third-order valence-corrected chi connectivity index (χ3v) is 4.81. The molecule has 0 radical (unpaired) electrons. The molecule has 0 amide bonds. The van der Waals surface area contributed by atoms with Crippen LogP contribution < -0.4 is 11.1 Å². The fraction of sp³-hybridized carbons (Fsp3) is 0.100. The van der Waals surface area contributed by atoms with Crippen LogP contribution >= 0.6 is 25.1 Å². The van der Waals surface area contributed by atoms with Gasteiger partial charge in [0.05, 0.1) is 29.6 Å². The summed E-state index contributed by atoms with van der Waals surface area (Å²) in [5.74, 6) is 0.410. The van der Waals surface area contributed by atoms with Crippen molar-refractivity contribution in [3.8, 4) is 23.4 Å². The van der Waals surface area contributed by atoms with Gasteiger partial charge in [-0.2, -0.15) is 29.1 Å². The highest BCUT2D eigenvalue weighted by molar-refractivity contribution is 7.59. The molecular formula is C20H16ClN9S. The predicted octanol–water partition coefficient (Wildman–Crippen LogP) is 3.45. The van der Waals surface area contributed by atoms with Gasteiger partial charge >= 0.3 is 0 Å². The summed E-state index contributed by atoms with van der Waals surface area (Å²) in [6.07, 6.45) is 2.80. The van der Waals surface area contributed by atoms with Crippen LogP contribution in [0.3, 0.4) is 0 Å². The Morgan fingerprint density at radius 2 is 1.97 bits per heavy atom. The molecule has 4 aromatic rings. The first-order valence-electron chi connectivity index (χ1n) is 8.83. The van der Waals surface area contributed by atoms with Gasteiger partial charge in [-0.3, -0.25) is 0 Å². The van der Waals surface area contributed by atoms with Crippen molar-refractivity contribution in [3.05, 3.63) is 64.7 Å². The molecule has 0 aliphatic rings. The summed E-state index contributed by atoms with van der Waals surface area (Å²) in [4.78, 5) is 12.3.